The molecule has 3 rings (SSSR count). The van der Waals surface area contributed by atoms with Crippen molar-refractivity contribution in [3.63, 3.8) is 0 Å². The fourth-order valence-corrected chi connectivity index (χ4v) is 1.98. The predicted octanol–water partition coefficient (Wildman–Crippen LogP) is -1.26. The number of hydrazine groups is 1. The van der Waals surface area contributed by atoms with Gasteiger partial charge < -0.3 is 14.5 Å². The van der Waals surface area contributed by atoms with Crippen molar-refractivity contribution in [2.75, 3.05) is 6.54 Å². The van der Waals surface area contributed by atoms with E-state index in [1.807, 2.05) is 0 Å². The number of aromatic nitrogens is 3. The third kappa shape index (κ3) is 2.11. The molecule has 4 N–H and O–H groups in total. The number of carbonyl (C=O) groups excluding carboxylic acids is 2. The van der Waals surface area contributed by atoms with E-state index in [1.165, 1.54) is 0 Å². The van der Waals surface area contributed by atoms with Crippen LogP contribution >= 0.6 is 0 Å². The number of carbonyl (C=O) groups is 2. The lowest BCUT2D eigenvalue weighted by atomic mass is 10.3. The Morgan fingerprint density at radius 2 is 1.91 bits per heavy atom. The molecular formula is C10H11N7O5. The minimum atomic E-state index is -1.02. The zero-order valence-electron chi connectivity index (χ0n) is 11.0. The molecule has 2 amide bonds. The molecule has 2 heterocycles. The van der Waals surface area contributed by atoms with Crippen molar-refractivity contribution in [2.24, 2.45) is 11.8 Å². The summed E-state index contributed by atoms with van der Waals surface area (Å²) in [7, 11) is 0. The average molecular weight is 309 g/mol. The van der Waals surface area contributed by atoms with E-state index in [4.69, 9.17) is 16.6 Å². The number of para-hydroxylation sites is 1. The largest absolute Gasteiger partial charge is 0.451 e. The second kappa shape index (κ2) is 5.34. The van der Waals surface area contributed by atoms with Gasteiger partial charge in [0.2, 0.25) is 6.23 Å². The maximum absolute atomic E-state index is 11.6. The second-order valence-electron chi connectivity index (χ2n) is 4.21. The van der Waals surface area contributed by atoms with Gasteiger partial charge in [0.1, 0.15) is 17.6 Å². The molecule has 0 radical (unpaired) electrons. The number of nitrogens with two attached hydrogens (primary N) is 2. The summed E-state index contributed by atoms with van der Waals surface area (Å²) in [6, 6.07) is 7.04. The van der Waals surface area contributed by atoms with Crippen molar-refractivity contribution in [3.8, 4) is 0 Å². The Morgan fingerprint density at radius 3 is 2.64 bits per heavy atom. The lowest BCUT2D eigenvalue weighted by molar-refractivity contribution is -0.225. The summed E-state index contributed by atoms with van der Waals surface area (Å²) in [5.74, 6) is 9.59. The van der Waals surface area contributed by atoms with E-state index < -0.39 is 18.4 Å². The van der Waals surface area contributed by atoms with Gasteiger partial charge in [-0.1, -0.05) is 17.0 Å². The second-order valence-corrected chi connectivity index (χ2v) is 4.21. The molecule has 22 heavy (non-hydrogen) atoms. The SMILES string of the molecule is NOC(=O)N1CC(On2nnc3ccccc32)N1C(=O)ON. The Kier molecular flexibility index (Phi) is 3.36. The first-order chi connectivity index (χ1) is 10.7. The fourth-order valence-electron chi connectivity index (χ4n) is 1.98. The van der Waals surface area contributed by atoms with Crippen molar-refractivity contribution >= 4 is 23.2 Å². The molecule has 1 aliphatic rings. The zero-order chi connectivity index (χ0) is 15.7. The van der Waals surface area contributed by atoms with Crippen molar-refractivity contribution in [1.82, 2.24) is 25.2 Å². The van der Waals surface area contributed by atoms with Crippen LogP contribution in [0.15, 0.2) is 24.3 Å². The van der Waals surface area contributed by atoms with Crippen LogP contribution in [0.2, 0.25) is 0 Å². The summed E-state index contributed by atoms with van der Waals surface area (Å²) in [5, 5.41) is 9.35. The maximum Gasteiger partial charge on any atom is 0.451 e. The van der Waals surface area contributed by atoms with E-state index in [-0.39, 0.29) is 6.54 Å². The molecule has 0 bridgehead atoms. The minimum Gasteiger partial charge on any atom is -0.365 e. The fraction of sp³-hybridized carbons (Fsp3) is 0.200. The van der Waals surface area contributed by atoms with Crippen LogP contribution in [-0.4, -0.2) is 50.1 Å². The third-order valence-electron chi connectivity index (χ3n) is 3.00. The number of benzene rings is 1. The minimum absolute atomic E-state index is 0.0146. The van der Waals surface area contributed by atoms with Crippen LogP contribution in [0.5, 0.6) is 0 Å². The van der Waals surface area contributed by atoms with E-state index in [0.29, 0.717) is 11.0 Å². The summed E-state index contributed by atoms with van der Waals surface area (Å²) in [6.07, 6.45) is -2.87. The molecule has 1 aliphatic heterocycles. The van der Waals surface area contributed by atoms with Crippen LogP contribution in [-0.2, 0) is 9.68 Å². The molecule has 116 valence electrons. The smallest absolute Gasteiger partial charge is 0.365 e. The van der Waals surface area contributed by atoms with Gasteiger partial charge in [-0.2, -0.15) is 16.8 Å². The van der Waals surface area contributed by atoms with Gasteiger partial charge in [0.15, 0.2) is 0 Å². The Morgan fingerprint density at radius 1 is 1.18 bits per heavy atom. The highest BCUT2D eigenvalue weighted by molar-refractivity contribution is 5.76. The van der Waals surface area contributed by atoms with E-state index in [2.05, 4.69) is 20.0 Å². The molecule has 1 fully saturated rings. The predicted molar refractivity (Wildman–Crippen MR) is 67.8 cm³/mol. The Bertz CT molecular complexity index is 719. The van der Waals surface area contributed by atoms with Gasteiger partial charge in [0.05, 0.1) is 0 Å². The molecule has 0 aliphatic carbocycles. The molecule has 1 aromatic carbocycles. The highest BCUT2D eigenvalue weighted by Gasteiger charge is 2.48. The first-order valence-corrected chi connectivity index (χ1v) is 6.01. The van der Waals surface area contributed by atoms with Crippen molar-refractivity contribution < 1.29 is 24.1 Å². The van der Waals surface area contributed by atoms with Crippen LogP contribution in [0, 0.1) is 0 Å². The van der Waals surface area contributed by atoms with Crippen molar-refractivity contribution in [2.45, 2.75) is 6.23 Å². The van der Waals surface area contributed by atoms with Gasteiger partial charge in [-0.15, -0.1) is 5.10 Å². The number of rotatable bonds is 2. The normalized spacial score (nSPS) is 17.1. The van der Waals surface area contributed by atoms with Crippen molar-refractivity contribution in [1.29, 1.82) is 0 Å². The maximum atomic E-state index is 11.6. The van der Waals surface area contributed by atoms with E-state index >= 15 is 0 Å². The van der Waals surface area contributed by atoms with Gasteiger partial charge in [-0.25, -0.2) is 14.6 Å². The molecule has 12 nitrogen and oxygen atoms in total. The lowest BCUT2D eigenvalue weighted by Crippen LogP contribution is -2.71. The monoisotopic (exact) mass is 309 g/mol. The summed E-state index contributed by atoms with van der Waals surface area (Å²) < 4.78 is 0. The van der Waals surface area contributed by atoms with E-state index in [9.17, 15) is 9.59 Å². The zero-order valence-corrected chi connectivity index (χ0v) is 11.0. The standard InChI is InChI=1S/C10H11N7O5/c11-20-9(18)15-5-8(16(15)10(19)21-12)22-17-7-4-2-1-3-6(7)13-14-17/h1-4,8H,5,11-12H2. The van der Waals surface area contributed by atoms with Gasteiger partial charge >= 0.3 is 12.2 Å². The van der Waals surface area contributed by atoms with E-state index in [1.54, 1.807) is 24.3 Å². The number of hydrogen-bond donors (Lipinski definition) is 2. The molecule has 1 saturated heterocycles. The van der Waals surface area contributed by atoms with Gasteiger partial charge in [0.25, 0.3) is 0 Å². The van der Waals surface area contributed by atoms with E-state index in [0.717, 1.165) is 14.9 Å². The van der Waals surface area contributed by atoms with Crippen LogP contribution in [0.25, 0.3) is 11.0 Å². The first-order valence-electron chi connectivity index (χ1n) is 6.01. The highest BCUT2D eigenvalue weighted by atomic mass is 16.7. The number of hydrogen-bond acceptors (Lipinski definition) is 9. The molecule has 12 heteroatoms. The van der Waals surface area contributed by atoms with Crippen LogP contribution in [0.4, 0.5) is 9.59 Å². The van der Waals surface area contributed by atoms with Crippen molar-refractivity contribution in [3.05, 3.63) is 24.3 Å². The topological polar surface area (TPSA) is 151 Å². The average Bonchev–Trinajstić information content (AvgIpc) is 2.93. The Labute approximate surface area is 122 Å². The third-order valence-corrected chi connectivity index (χ3v) is 3.00. The molecule has 1 unspecified atom stereocenters. The quantitative estimate of drug-likeness (QED) is 0.647. The summed E-state index contributed by atoms with van der Waals surface area (Å²) in [6.45, 7) is -0.0146. The number of fused-ring (bicyclic) bond motifs is 1. The Hall–Kier alpha value is -3.12. The summed E-state index contributed by atoms with van der Waals surface area (Å²) >= 11 is 0. The van der Waals surface area contributed by atoms with Gasteiger partial charge in [0, 0.05) is 0 Å². The number of amides is 2. The first kappa shape index (κ1) is 13.8. The molecule has 2 aromatic rings. The molecular weight excluding hydrogens is 298 g/mol. The highest BCUT2D eigenvalue weighted by Crippen LogP contribution is 2.20. The van der Waals surface area contributed by atoms with Gasteiger partial charge in [-0.3, -0.25) is 0 Å². The lowest BCUT2D eigenvalue weighted by Gasteiger charge is -2.45. The number of nitrogens with zero attached hydrogens (tertiary/aromatic N) is 5. The Balaban J connectivity index is 1.80. The van der Waals surface area contributed by atoms with Crippen LogP contribution in [0.3, 0.4) is 0 Å². The summed E-state index contributed by atoms with van der Waals surface area (Å²) in [5.41, 5.74) is 1.19. The molecule has 1 atom stereocenters. The molecule has 1 aromatic heterocycles. The van der Waals surface area contributed by atoms with Crippen LogP contribution in [0.1, 0.15) is 0 Å². The molecule has 0 saturated carbocycles. The molecule has 0 spiro atoms. The van der Waals surface area contributed by atoms with Crippen LogP contribution < -0.4 is 16.6 Å². The van der Waals surface area contributed by atoms with Gasteiger partial charge in [-0.05, 0) is 17.3 Å². The summed E-state index contributed by atoms with van der Waals surface area (Å²) in [4.78, 5) is 37.7.